The first-order valence-electron chi connectivity index (χ1n) is 7.55. The van der Waals surface area contributed by atoms with Crippen molar-refractivity contribution in [3.63, 3.8) is 0 Å². The average molecular weight is 318 g/mol. The highest BCUT2D eigenvalue weighted by Crippen LogP contribution is 2.21. The summed E-state index contributed by atoms with van der Waals surface area (Å²) in [5.41, 5.74) is 1.45. The molecule has 0 aliphatic rings. The Bertz CT molecular complexity index is 1090. The highest BCUT2D eigenvalue weighted by Gasteiger charge is 2.10. The van der Waals surface area contributed by atoms with Crippen LogP contribution in [0.4, 0.5) is 0 Å². The number of hydrogen-bond donors (Lipinski definition) is 0. The van der Waals surface area contributed by atoms with E-state index in [9.17, 15) is 4.79 Å². The topological polar surface area (TPSA) is 65.2 Å². The van der Waals surface area contributed by atoms with E-state index >= 15 is 0 Å². The van der Waals surface area contributed by atoms with Gasteiger partial charge in [-0.05, 0) is 23.8 Å². The second-order valence-corrected chi connectivity index (χ2v) is 5.46. The molecule has 4 aromatic rings. The van der Waals surface area contributed by atoms with Crippen molar-refractivity contribution >= 4 is 21.9 Å². The van der Waals surface area contributed by atoms with Crippen LogP contribution in [-0.2, 0) is 6.42 Å². The highest BCUT2D eigenvalue weighted by atomic mass is 16.5. The summed E-state index contributed by atoms with van der Waals surface area (Å²) in [5.74, 6) is 1.38. The highest BCUT2D eigenvalue weighted by molar-refractivity contribution is 6.02. The van der Waals surface area contributed by atoms with E-state index in [1.54, 1.807) is 19.4 Å². The summed E-state index contributed by atoms with van der Waals surface area (Å²) in [6.45, 7) is 0. The molecule has 2 aromatic carbocycles. The van der Waals surface area contributed by atoms with Gasteiger partial charge in [0.15, 0.2) is 5.52 Å². The molecule has 0 N–H and O–H groups in total. The van der Waals surface area contributed by atoms with Crippen LogP contribution < -0.4 is 10.4 Å². The van der Waals surface area contributed by atoms with Crippen molar-refractivity contribution in [3.05, 3.63) is 76.5 Å². The molecule has 0 bridgehead atoms. The quantitative estimate of drug-likeness (QED) is 0.428. The molecule has 0 fully saturated rings. The second-order valence-electron chi connectivity index (χ2n) is 5.46. The maximum absolute atomic E-state index is 12.2. The zero-order valence-electron chi connectivity index (χ0n) is 13.0. The molecule has 0 atom stereocenters. The van der Waals surface area contributed by atoms with Crippen LogP contribution in [0.25, 0.3) is 21.9 Å². The summed E-state index contributed by atoms with van der Waals surface area (Å²) in [6, 6.07) is 15.1. The molecule has 5 nitrogen and oxygen atoms in total. The Labute approximate surface area is 137 Å². The first-order chi connectivity index (χ1) is 11.7. The molecule has 0 unspecified atom stereocenters. The summed E-state index contributed by atoms with van der Waals surface area (Å²) in [4.78, 5) is 21.0. The lowest BCUT2D eigenvalue weighted by Crippen LogP contribution is -2.06. The smallest absolute Gasteiger partial charge is 0.363 e. The molecule has 4 rings (SSSR count). The zero-order valence-corrected chi connectivity index (χ0v) is 13.0. The number of methoxy groups -OCH3 is 1. The molecular weight excluding hydrogens is 304 g/mol. The standard InChI is InChI=1S/C19H14N2O3/c1-23-13-8-6-12(7-9-13)10-17-20-11-15-14-4-2-3-5-16(14)24-19(22)18(15)21-17/h2-9,11H,10H2,1H3. The number of aromatic nitrogens is 2. The fraction of sp³-hybridized carbons (Fsp3) is 0.105. The Morgan fingerprint density at radius 2 is 1.83 bits per heavy atom. The maximum atomic E-state index is 12.2. The van der Waals surface area contributed by atoms with Crippen molar-refractivity contribution in [2.24, 2.45) is 0 Å². The van der Waals surface area contributed by atoms with Crippen LogP contribution >= 0.6 is 0 Å². The lowest BCUT2D eigenvalue weighted by molar-refractivity contribution is 0.414. The Morgan fingerprint density at radius 3 is 2.62 bits per heavy atom. The lowest BCUT2D eigenvalue weighted by atomic mass is 10.1. The van der Waals surface area contributed by atoms with Crippen molar-refractivity contribution in [2.45, 2.75) is 6.42 Å². The van der Waals surface area contributed by atoms with E-state index in [0.29, 0.717) is 28.7 Å². The number of nitrogens with zero attached hydrogens (tertiary/aromatic N) is 2. The first kappa shape index (κ1) is 14.4. The van der Waals surface area contributed by atoms with Gasteiger partial charge in [0.2, 0.25) is 0 Å². The van der Waals surface area contributed by atoms with Crippen LogP contribution in [0.5, 0.6) is 5.75 Å². The van der Waals surface area contributed by atoms with Gasteiger partial charge in [-0.15, -0.1) is 0 Å². The molecule has 0 aliphatic carbocycles. The summed E-state index contributed by atoms with van der Waals surface area (Å²) < 4.78 is 10.5. The Kier molecular flexibility index (Phi) is 3.46. The second kappa shape index (κ2) is 5.77. The first-order valence-corrected chi connectivity index (χ1v) is 7.55. The van der Waals surface area contributed by atoms with Gasteiger partial charge in [-0.3, -0.25) is 0 Å². The van der Waals surface area contributed by atoms with Crippen molar-refractivity contribution < 1.29 is 9.15 Å². The van der Waals surface area contributed by atoms with Gasteiger partial charge in [0, 0.05) is 23.4 Å². The predicted octanol–water partition coefficient (Wildman–Crippen LogP) is 3.34. The van der Waals surface area contributed by atoms with Gasteiger partial charge in [-0.25, -0.2) is 14.8 Å². The number of rotatable bonds is 3. The van der Waals surface area contributed by atoms with Gasteiger partial charge in [-0.1, -0.05) is 30.3 Å². The molecule has 0 saturated heterocycles. The van der Waals surface area contributed by atoms with E-state index in [4.69, 9.17) is 9.15 Å². The minimum atomic E-state index is -0.443. The monoisotopic (exact) mass is 318 g/mol. The Morgan fingerprint density at radius 1 is 1.04 bits per heavy atom. The molecule has 0 amide bonds. The molecule has 0 saturated carbocycles. The third kappa shape index (κ3) is 2.50. The minimum Gasteiger partial charge on any atom is -0.497 e. The normalized spacial score (nSPS) is 11.0. The van der Waals surface area contributed by atoms with Crippen LogP contribution in [0.1, 0.15) is 11.4 Å². The molecular formula is C19H14N2O3. The van der Waals surface area contributed by atoms with Crippen LogP contribution in [0.2, 0.25) is 0 Å². The number of benzene rings is 2. The molecule has 5 heteroatoms. The van der Waals surface area contributed by atoms with Gasteiger partial charge >= 0.3 is 5.63 Å². The average Bonchev–Trinajstić information content (AvgIpc) is 2.63. The van der Waals surface area contributed by atoms with E-state index in [1.807, 2.05) is 42.5 Å². The molecule has 2 aromatic heterocycles. The summed E-state index contributed by atoms with van der Waals surface area (Å²) in [6.07, 6.45) is 2.23. The molecule has 0 spiro atoms. The fourth-order valence-corrected chi connectivity index (χ4v) is 2.71. The van der Waals surface area contributed by atoms with Crippen LogP contribution in [0, 0.1) is 0 Å². The van der Waals surface area contributed by atoms with E-state index in [1.165, 1.54) is 0 Å². The Hall–Kier alpha value is -3.21. The zero-order chi connectivity index (χ0) is 16.5. The fourth-order valence-electron chi connectivity index (χ4n) is 2.71. The molecule has 0 radical (unpaired) electrons. The number of hydrogen-bond acceptors (Lipinski definition) is 5. The molecule has 2 heterocycles. The van der Waals surface area contributed by atoms with Crippen molar-refractivity contribution in [2.75, 3.05) is 7.11 Å². The third-order valence-electron chi connectivity index (χ3n) is 3.93. The van der Waals surface area contributed by atoms with E-state index in [0.717, 1.165) is 16.7 Å². The molecule has 24 heavy (non-hydrogen) atoms. The number of ether oxygens (including phenoxy) is 1. The predicted molar refractivity (Wildman–Crippen MR) is 91.4 cm³/mol. The van der Waals surface area contributed by atoms with Crippen molar-refractivity contribution in [3.8, 4) is 5.75 Å². The molecule has 118 valence electrons. The third-order valence-corrected chi connectivity index (χ3v) is 3.93. The van der Waals surface area contributed by atoms with Crippen LogP contribution in [0.15, 0.2) is 63.9 Å². The number of para-hydroxylation sites is 1. The SMILES string of the molecule is COc1ccc(Cc2ncc3c(n2)c(=O)oc2ccccc23)cc1. The summed E-state index contributed by atoms with van der Waals surface area (Å²) in [7, 11) is 1.63. The van der Waals surface area contributed by atoms with Gasteiger partial charge in [0.05, 0.1) is 7.11 Å². The van der Waals surface area contributed by atoms with Gasteiger partial charge in [-0.2, -0.15) is 0 Å². The van der Waals surface area contributed by atoms with E-state index in [-0.39, 0.29) is 0 Å². The van der Waals surface area contributed by atoms with Crippen LogP contribution in [-0.4, -0.2) is 17.1 Å². The largest absolute Gasteiger partial charge is 0.497 e. The number of fused-ring (bicyclic) bond motifs is 3. The van der Waals surface area contributed by atoms with Crippen LogP contribution in [0.3, 0.4) is 0 Å². The Balaban J connectivity index is 1.79. The molecule has 0 aliphatic heterocycles. The van der Waals surface area contributed by atoms with Gasteiger partial charge < -0.3 is 9.15 Å². The van der Waals surface area contributed by atoms with E-state index < -0.39 is 5.63 Å². The van der Waals surface area contributed by atoms with Crippen molar-refractivity contribution in [1.82, 2.24) is 9.97 Å². The van der Waals surface area contributed by atoms with E-state index in [2.05, 4.69) is 9.97 Å². The lowest BCUT2D eigenvalue weighted by Gasteiger charge is -2.05. The van der Waals surface area contributed by atoms with Gasteiger partial charge in [0.1, 0.15) is 17.2 Å². The minimum absolute atomic E-state index is 0.312. The summed E-state index contributed by atoms with van der Waals surface area (Å²) in [5, 5.41) is 1.54. The maximum Gasteiger partial charge on any atom is 0.363 e. The van der Waals surface area contributed by atoms with Gasteiger partial charge in [0.25, 0.3) is 0 Å². The summed E-state index contributed by atoms with van der Waals surface area (Å²) >= 11 is 0. The van der Waals surface area contributed by atoms with Crippen molar-refractivity contribution in [1.29, 1.82) is 0 Å².